The number of nitrogens with two attached hydrogens (primary N) is 1. The van der Waals surface area contributed by atoms with Crippen LogP contribution in [0.1, 0.15) is 106 Å². The van der Waals surface area contributed by atoms with Gasteiger partial charge in [-0.2, -0.15) is 0 Å². The number of anilines is 1. The molecule has 9 heteroatoms. The van der Waals surface area contributed by atoms with Gasteiger partial charge in [0.1, 0.15) is 17.7 Å². The Morgan fingerprint density at radius 1 is 0.909 bits per heavy atom. The summed E-state index contributed by atoms with van der Waals surface area (Å²) in [5.74, 6) is -1.44. The van der Waals surface area contributed by atoms with Gasteiger partial charge in [-0.05, 0) is 78.0 Å². The first-order valence-corrected chi connectivity index (χ1v) is 15.7. The predicted octanol–water partition coefficient (Wildman–Crippen LogP) is 6.56. The Kier molecular flexibility index (Phi) is 13.9. The van der Waals surface area contributed by atoms with Gasteiger partial charge in [-0.1, -0.05) is 80.1 Å². The molecule has 242 valence electrons. The third-order valence-corrected chi connectivity index (χ3v) is 7.30. The van der Waals surface area contributed by atoms with Crippen LogP contribution in [0.25, 0.3) is 0 Å². The van der Waals surface area contributed by atoms with E-state index in [1.165, 1.54) is 0 Å². The molecule has 0 aliphatic heterocycles. The van der Waals surface area contributed by atoms with Crippen molar-refractivity contribution < 1.29 is 23.9 Å². The molecule has 2 aromatic rings. The average Bonchev–Trinajstić information content (AvgIpc) is 2.90. The first kappa shape index (κ1) is 36.3. The summed E-state index contributed by atoms with van der Waals surface area (Å²) in [5.41, 5.74) is 9.73. The number of unbranched alkanes of at least 4 members (excludes halogenated alkanes) is 4. The molecular formula is C35H52N4O5. The smallest absolute Gasteiger partial charge is 0.408 e. The normalized spacial score (nSPS) is 12.6. The lowest BCUT2D eigenvalue weighted by molar-refractivity contribution is -0.141. The highest BCUT2D eigenvalue weighted by Gasteiger charge is 2.36. The molecule has 2 atom stereocenters. The van der Waals surface area contributed by atoms with Gasteiger partial charge in [0.25, 0.3) is 5.91 Å². The largest absolute Gasteiger partial charge is 0.444 e. The SMILES string of the molecule is CCCCCCCN(C(=O)C(CCC(N)=O)NC(=O)OC(C)(C)C)C(C(=O)Nc1c(C)cccc1C)c1cc(C)cc(C)c1. The number of primary amides is 1. The quantitative estimate of drug-likeness (QED) is 0.197. The first-order chi connectivity index (χ1) is 20.6. The summed E-state index contributed by atoms with van der Waals surface area (Å²) < 4.78 is 5.44. The van der Waals surface area contributed by atoms with Gasteiger partial charge in [0.2, 0.25) is 11.8 Å². The van der Waals surface area contributed by atoms with Crippen LogP contribution < -0.4 is 16.4 Å². The zero-order valence-corrected chi connectivity index (χ0v) is 27.8. The molecule has 0 saturated carbocycles. The molecule has 0 heterocycles. The molecule has 2 aromatic carbocycles. The molecule has 4 N–H and O–H groups in total. The fourth-order valence-electron chi connectivity index (χ4n) is 5.29. The van der Waals surface area contributed by atoms with Crippen LogP contribution >= 0.6 is 0 Å². The number of nitrogens with zero attached hydrogens (tertiary/aromatic N) is 1. The number of nitrogens with one attached hydrogen (secondary N) is 2. The number of benzene rings is 2. The molecule has 0 radical (unpaired) electrons. The minimum absolute atomic E-state index is 0.0299. The van der Waals surface area contributed by atoms with Crippen LogP contribution in [0, 0.1) is 27.7 Å². The van der Waals surface area contributed by atoms with Crippen LogP contribution in [-0.4, -0.2) is 46.9 Å². The van der Waals surface area contributed by atoms with E-state index in [1.807, 2.05) is 64.1 Å². The third-order valence-electron chi connectivity index (χ3n) is 7.30. The number of para-hydroxylation sites is 1. The van der Waals surface area contributed by atoms with Crippen molar-refractivity contribution in [3.63, 3.8) is 0 Å². The van der Waals surface area contributed by atoms with E-state index in [0.717, 1.165) is 47.9 Å². The topological polar surface area (TPSA) is 131 Å². The summed E-state index contributed by atoms with van der Waals surface area (Å²) in [6.07, 6.45) is 3.75. The van der Waals surface area contributed by atoms with Gasteiger partial charge in [-0.25, -0.2) is 4.79 Å². The Bertz CT molecular complexity index is 1260. The standard InChI is InChI=1S/C35H52N4O5/c1-9-10-11-12-13-19-39(33(42)28(17-18-29(36)40)37-34(43)44-35(6,7)8)31(27-21-23(2)20-24(3)22-27)32(41)38-30-25(4)15-14-16-26(30)5/h14-16,20-22,28,31H,9-13,17-19H2,1-8H3,(H2,36,40)(H,37,43)(H,38,41). The summed E-state index contributed by atoms with van der Waals surface area (Å²) in [4.78, 5) is 55.0. The van der Waals surface area contributed by atoms with Crippen molar-refractivity contribution in [3.05, 3.63) is 64.2 Å². The Morgan fingerprint density at radius 2 is 1.50 bits per heavy atom. The maximum atomic E-state index is 14.5. The zero-order chi connectivity index (χ0) is 33.0. The van der Waals surface area contributed by atoms with Gasteiger partial charge in [-0.3, -0.25) is 14.4 Å². The maximum absolute atomic E-state index is 14.5. The number of carbonyl (C=O) groups is 4. The van der Waals surface area contributed by atoms with E-state index in [9.17, 15) is 19.2 Å². The van der Waals surface area contributed by atoms with Crippen LogP contribution in [0.2, 0.25) is 0 Å². The second-order valence-corrected chi connectivity index (χ2v) is 12.7. The molecule has 0 aromatic heterocycles. The molecule has 0 aliphatic carbocycles. The molecule has 44 heavy (non-hydrogen) atoms. The molecule has 0 fully saturated rings. The van der Waals surface area contributed by atoms with Gasteiger partial charge in [-0.15, -0.1) is 0 Å². The predicted molar refractivity (Wildman–Crippen MR) is 175 cm³/mol. The van der Waals surface area contributed by atoms with Crippen LogP contribution in [0.15, 0.2) is 36.4 Å². The molecule has 0 aliphatic rings. The molecule has 0 bridgehead atoms. The van der Waals surface area contributed by atoms with E-state index >= 15 is 0 Å². The van der Waals surface area contributed by atoms with E-state index in [2.05, 4.69) is 17.6 Å². The van der Waals surface area contributed by atoms with Gasteiger partial charge in [0.15, 0.2) is 0 Å². The molecule has 0 saturated heterocycles. The number of carbonyl (C=O) groups excluding carboxylic acids is 4. The first-order valence-electron chi connectivity index (χ1n) is 15.7. The Morgan fingerprint density at radius 3 is 2.05 bits per heavy atom. The van der Waals surface area contributed by atoms with Crippen LogP contribution in [0.5, 0.6) is 0 Å². The highest BCUT2D eigenvalue weighted by molar-refractivity contribution is 6.00. The summed E-state index contributed by atoms with van der Waals surface area (Å²) in [7, 11) is 0. The van der Waals surface area contributed by atoms with Gasteiger partial charge < -0.3 is 26.0 Å². The van der Waals surface area contributed by atoms with Crippen molar-refractivity contribution in [3.8, 4) is 0 Å². The lowest BCUT2D eigenvalue weighted by Crippen LogP contribution is -2.53. The summed E-state index contributed by atoms with van der Waals surface area (Å²) in [6.45, 7) is 15.3. The number of alkyl carbamates (subject to hydrolysis) is 1. The second-order valence-electron chi connectivity index (χ2n) is 12.7. The fourth-order valence-corrected chi connectivity index (χ4v) is 5.29. The van der Waals surface area contributed by atoms with Crippen molar-refractivity contribution in [1.29, 1.82) is 0 Å². The van der Waals surface area contributed by atoms with Gasteiger partial charge in [0, 0.05) is 18.7 Å². The summed E-state index contributed by atoms with van der Waals surface area (Å²) in [5, 5.41) is 5.77. The van der Waals surface area contributed by atoms with Gasteiger partial charge >= 0.3 is 6.09 Å². The summed E-state index contributed by atoms with van der Waals surface area (Å²) >= 11 is 0. The molecule has 0 spiro atoms. The van der Waals surface area contributed by atoms with Gasteiger partial charge in [0.05, 0.1) is 0 Å². The molecular weight excluding hydrogens is 556 g/mol. The van der Waals surface area contributed by atoms with E-state index in [4.69, 9.17) is 10.5 Å². The highest BCUT2D eigenvalue weighted by Crippen LogP contribution is 2.29. The van der Waals surface area contributed by atoms with E-state index in [1.54, 1.807) is 25.7 Å². The number of hydrogen-bond donors (Lipinski definition) is 3. The van der Waals surface area contributed by atoms with Crippen molar-refractivity contribution in [2.75, 3.05) is 11.9 Å². The average molecular weight is 609 g/mol. The number of ether oxygens (including phenoxy) is 1. The number of hydrogen-bond acceptors (Lipinski definition) is 5. The van der Waals surface area contributed by atoms with E-state index in [0.29, 0.717) is 17.7 Å². The number of amides is 4. The monoisotopic (exact) mass is 608 g/mol. The number of rotatable bonds is 15. The minimum atomic E-state index is -1.13. The van der Waals surface area contributed by atoms with E-state index < -0.39 is 35.6 Å². The van der Waals surface area contributed by atoms with Crippen molar-refractivity contribution in [2.45, 2.75) is 118 Å². The van der Waals surface area contributed by atoms with Crippen molar-refractivity contribution in [1.82, 2.24) is 10.2 Å². The molecule has 2 rings (SSSR count). The Labute approximate surface area is 263 Å². The minimum Gasteiger partial charge on any atom is -0.444 e. The molecule has 4 amide bonds. The lowest BCUT2D eigenvalue weighted by Gasteiger charge is -2.35. The number of aryl methyl sites for hydroxylation is 4. The van der Waals surface area contributed by atoms with Crippen LogP contribution in [0.4, 0.5) is 10.5 Å². The van der Waals surface area contributed by atoms with Crippen molar-refractivity contribution in [2.24, 2.45) is 5.73 Å². The third kappa shape index (κ3) is 11.7. The maximum Gasteiger partial charge on any atom is 0.408 e. The van der Waals surface area contributed by atoms with E-state index in [-0.39, 0.29) is 25.3 Å². The zero-order valence-electron chi connectivity index (χ0n) is 27.8. The molecule has 2 unspecified atom stereocenters. The highest BCUT2D eigenvalue weighted by atomic mass is 16.6. The fraction of sp³-hybridized carbons (Fsp3) is 0.543. The Hall–Kier alpha value is -3.88. The summed E-state index contributed by atoms with van der Waals surface area (Å²) in [6, 6.07) is 9.50. The van der Waals surface area contributed by atoms with Crippen molar-refractivity contribution >= 4 is 29.5 Å². The van der Waals surface area contributed by atoms with Crippen LogP contribution in [0.3, 0.4) is 0 Å². The second kappa shape index (κ2) is 16.8. The molecule has 9 nitrogen and oxygen atoms in total. The van der Waals surface area contributed by atoms with Crippen LogP contribution in [-0.2, 0) is 19.1 Å². The Balaban J connectivity index is 2.63. The lowest BCUT2D eigenvalue weighted by atomic mass is 9.97.